The number of allylic oxidation sites excluding steroid dienone is 1. The highest BCUT2D eigenvalue weighted by Gasteiger charge is 2.26. The summed E-state index contributed by atoms with van der Waals surface area (Å²) in [6.07, 6.45) is 21.3. The van der Waals surface area contributed by atoms with E-state index in [1.165, 1.54) is 83.5 Å². The van der Waals surface area contributed by atoms with Gasteiger partial charge in [0.25, 0.3) is 0 Å². The number of unbranched alkanes of at least 4 members (excludes halogenated alkanes) is 12. The molecule has 0 saturated carbocycles. The van der Waals surface area contributed by atoms with Crippen molar-refractivity contribution in [3.8, 4) is 0 Å². The highest BCUT2D eigenvalue weighted by atomic mass is 16.6. The fourth-order valence-corrected chi connectivity index (χ4v) is 2.79. The second-order valence-electron chi connectivity index (χ2n) is 7.41. The van der Waals surface area contributed by atoms with Crippen LogP contribution in [0, 0.1) is 0 Å². The minimum absolute atomic E-state index is 0.392. The molecule has 2 aliphatic rings. The van der Waals surface area contributed by atoms with Crippen LogP contribution in [-0.2, 0) is 14.2 Å². The van der Waals surface area contributed by atoms with Gasteiger partial charge in [0, 0.05) is 0 Å². The second-order valence-corrected chi connectivity index (χ2v) is 7.41. The van der Waals surface area contributed by atoms with E-state index >= 15 is 0 Å². The third-order valence-electron chi connectivity index (χ3n) is 4.67. The van der Waals surface area contributed by atoms with Gasteiger partial charge in [-0.1, -0.05) is 83.6 Å². The van der Waals surface area contributed by atoms with Crippen molar-refractivity contribution in [2.24, 2.45) is 0 Å². The van der Waals surface area contributed by atoms with E-state index in [9.17, 15) is 0 Å². The maximum absolute atomic E-state index is 5.23. The van der Waals surface area contributed by atoms with E-state index in [1.54, 1.807) is 0 Å². The lowest BCUT2D eigenvalue weighted by Gasteiger charge is -2.02. The third kappa shape index (κ3) is 18.2. The van der Waals surface area contributed by atoms with E-state index in [1.807, 2.05) is 6.08 Å². The van der Waals surface area contributed by atoms with Crippen molar-refractivity contribution in [2.45, 2.75) is 103 Å². The summed E-state index contributed by atoms with van der Waals surface area (Å²) < 4.78 is 15.1. The maximum atomic E-state index is 5.23. The molecule has 0 radical (unpaired) electrons. The Hall–Kier alpha value is -0.380. The van der Waals surface area contributed by atoms with Gasteiger partial charge in [-0.3, -0.25) is 0 Å². The van der Waals surface area contributed by atoms with Crippen LogP contribution in [0.5, 0.6) is 0 Å². The molecule has 2 saturated heterocycles. The van der Waals surface area contributed by atoms with Crippen LogP contribution in [0.2, 0.25) is 0 Å². The van der Waals surface area contributed by atoms with Gasteiger partial charge in [-0.2, -0.15) is 0 Å². The average Bonchev–Trinajstić information content (AvgIpc) is 3.52. The Labute approximate surface area is 156 Å². The lowest BCUT2D eigenvalue weighted by molar-refractivity contribution is 0.102. The summed E-state index contributed by atoms with van der Waals surface area (Å²) in [6, 6.07) is 0. The number of hydrogen-bond donors (Lipinski definition) is 0. The van der Waals surface area contributed by atoms with Gasteiger partial charge in [-0.05, 0) is 12.8 Å². The Morgan fingerprint density at radius 3 is 1.52 bits per heavy atom. The van der Waals surface area contributed by atoms with Gasteiger partial charge >= 0.3 is 0 Å². The van der Waals surface area contributed by atoms with Gasteiger partial charge in [0.15, 0.2) is 0 Å². The molecule has 2 atom stereocenters. The molecule has 3 nitrogen and oxygen atoms in total. The van der Waals surface area contributed by atoms with Crippen molar-refractivity contribution in [2.75, 3.05) is 26.4 Å². The van der Waals surface area contributed by atoms with Crippen molar-refractivity contribution in [3.05, 3.63) is 12.7 Å². The van der Waals surface area contributed by atoms with Crippen LogP contribution in [0.25, 0.3) is 0 Å². The minimum Gasteiger partial charge on any atom is -0.376 e. The number of epoxide rings is 2. The molecule has 0 amide bonds. The van der Waals surface area contributed by atoms with Gasteiger partial charge < -0.3 is 14.2 Å². The first-order valence-electron chi connectivity index (χ1n) is 10.8. The summed E-state index contributed by atoms with van der Waals surface area (Å²) in [5.74, 6) is 0. The summed E-state index contributed by atoms with van der Waals surface area (Å²) in [5, 5.41) is 0. The number of rotatable bonds is 17. The van der Waals surface area contributed by atoms with Gasteiger partial charge in [-0.25, -0.2) is 0 Å². The molecule has 0 aromatic heterocycles. The lowest BCUT2D eigenvalue weighted by Crippen LogP contribution is -2.06. The smallest absolute Gasteiger partial charge is 0.104 e. The van der Waals surface area contributed by atoms with Crippen LogP contribution in [0.15, 0.2) is 12.7 Å². The van der Waals surface area contributed by atoms with Crippen LogP contribution in [-0.4, -0.2) is 38.6 Å². The predicted octanol–water partition coefficient (Wildman–Crippen LogP) is 6.06. The highest BCUT2D eigenvalue weighted by Crippen LogP contribution is 2.13. The molecule has 0 aromatic carbocycles. The van der Waals surface area contributed by atoms with E-state index in [0.29, 0.717) is 12.2 Å². The Balaban J connectivity index is 0.000000286. The number of ether oxygens (including phenoxy) is 3. The average molecular weight is 355 g/mol. The topological polar surface area (TPSA) is 34.3 Å². The van der Waals surface area contributed by atoms with Crippen molar-refractivity contribution in [1.82, 2.24) is 0 Å². The zero-order valence-corrected chi connectivity index (χ0v) is 16.7. The molecule has 2 rings (SSSR count). The van der Waals surface area contributed by atoms with Crippen LogP contribution in [0.3, 0.4) is 0 Å². The molecule has 0 aromatic rings. The molecule has 2 fully saturated rings. The second kappa shape index (κ2) is 17.1. The molecule has 2 unspecified atom stereocenters. The molecule has 0 bridgehead atoms. The molecule has 0 aliphatic carbocycles. The fraction of sp³-hybridized carbons (Fsp3) is 0.909. The SMILES string of the molecule is C(OCC1CO1)C1CO1.C=CCCCCCCCCCCCCCC. The zero-order chi connectivity index (χ0) is 18.0. The molecule has 148 valence electrons. The summed E-state index contributed by atoms with van der Waals surface area (Å²) in [4.78, 5) is 0. The molecule has 0 N–H and O–H groups in total. The maximum Gasteiger partial charge on any atom is 0.104 e. The molecule has 0 spiro atoms. The van der Waals surface area contributed by atoms with Crippen LogP contribution in [0.1, 0.15) is 90.4 Å². The quantitative estimate of drug-likeness (QED) is 0.181. The molecular formula is C22H42O3. The van der Waals surface area contributed by atoms with E-state index in [0.717, 1.165) is 26.4 Å². The zero-order valence-electron chi connectivity index (χ0n) is 16.7. The largest absolute Gasteiger partial charge is 0.376 e. The Kier molecular flexibility index (Phi) is 15.5. The summed E-state index contributed by atoms with van der Waals surface area (Å²) in [6.45, 7) is 9.29. The molecular weight excluding hydrogens is 312 g/mol. The minimum atomic E-state index is 0.392. The molecule has 2 heterocycles. The normalized spacial score (nSPS) is 20.7. The highest BCUT2D eigenvalue weighted by molar-refractivity contribution is 4.71. The molecule has 3 heteroatoms. The summed E-state index contributed by atoms with van der Waals surface area (Å²) in [5.41, 5.74) is 0. The van der Waals surface area contributed by atoms with Crippen molar-refractivity contribution in [3.63, 3.8) is 0 Å². The standard InChI is InChI=1S/C16H32.C6H10O3/c1-3-5-7-9-11-13-15-16-14-12-10-8-6-4-2;1(5-3-8-5)7-2-6-4-9-6/h3H,1,4-16H2,2H3;5-6H,1-4H2. The van der Waals surface area contributed by atoms with Crippen LogP contribution < -0.4 is 0 Å². The fourth-order valence-electron chi connectivity index (χ4n) is 2.79. The summed E-state index contributed by atoms with van der Waals surface area (Å²) >= 11 is 0. The molecule has 2 aliphatic heterocycles. The van der Waals surface area contributed by atoms with Gasteiger partial charge in [0.1, 0.15) is 12.2 Å². The van der Waals surface area contributed by atoms with Crippen molar-refractivity contribution in [1.29, 1.82) is 0 Å². The third-order valence-corrected chi connectivity index (χ3v) is 4.67. The van der Waals surface area contributed by atoms with E-state index in [-0.39, 0.29) is 0 Å². The monoisotopic (exact) mass is 354 g/mol. The Morgan fingerprint density at radius 1 is 0.760 bits per heavy atom. The van der Waals surface area contributed by atoms with Gasteiger partial charge in [0.05, 0.1) is 26.4 Å². The van der Waals surface area contributed by atoms with E-state index in [2.05, 4.69) is 13.5 Å². The van der Waals surface area contributed by atoms with E-state index in [4.69, 9.17) is 14.2 Å². The summed E-state index contributed by atoms with van der Waals surface area (Å²) in [7, 11) is 0. The lowest BCUT2D eigenvalue weighted by atomic mass is 10.0. The predicted molar refractivity (Wildman–Crippen MR) is 106 cm³/mol. The van der Waals surface area contributed by atoms with Crippen LogP contribution >= 0.6 is 0 Å². The number of hydrogen-bond acceptors (Lipinski definition) is 3. The van der Waals surface area contributed by atoms with Gasteiger partial charge in [-0.15, -0.1) is 6.58 Å². The van der Waals surface area contributed by atoms with Crippen LogP contribution in [0.4, 0.5) is 0 Å². The first-order chi connectivity index (χ1) is 12.4. The van der Waals surface area contributed by atoms with Crippen molar-refractivity contribution >= 4 is 0 Å². The Morgan fingerprint density at radius 2 is 1.16 bits per heavy atom. The Bertz CT molecular complexity index is 273. The van der Waals surface area contributed by atoms with Gasteiger partial charge in [0.2, 0.25) is 0 Å². The van der Waals surface area contributed by atoms with Crippen molar-refractivity contribution < 1.29 is 14.2 Å². The van der Waals surface area contributed by atoms with E-state index < -0.39 is 0 Å². The first kappa shape index (κ1) is 22.7. The first-order valence-corrected chi connectivity index (χ1v) is 10.8. The molecule has 25 heavy (non-hydrogen) atoms.